The zero-order chi connectivity index (χ0) is 20.7. The van der Waals surface area contributed by atoms with Gasteiger partial charge >= 0.3 is 0 Å². The van der Waals surface area contributed by atoms with Crippen molar-refractivity contribution in [2.75, 3.05) is 6.79 Å². The predicted molar refractivity (Wildman–Crippen MR) is 110 cm³/mol. The Balaban J connectivity index is 1.52. The number of imidazole rings is 1. The van der Waals surface area contributed by atoms with Crippen molar-refractivity contribution in [1.82, 2.24) is 9.97 Å². The van der Waals surface area contributed by atoms with E-state index in [4.69, 9.17) is 9.47 Å². The summed E-state index contributed by atoms with van der Waals surface area (Å²) in [6, 6.07) is 15.1. The van der Waals surface area contributed by atoms with Crippen LogP contribution in [0.4, 0.5) is 11.4 Å². The molecule has 0 aliphatic carbocycles. The average molecular weight is 402 g/mol. The number of phenolic OH excluding ortho intramolecular Hbond substituents is 1. The molecule has 30 heavy (non-hydrogen) atoms. The van der Waals surface area contributed by atoms with E-state index in [1.165, 1.54) is 24.4 Å². The summed E-state index contributed by atoms with van der Waals surface area (Å²) in [5, 5.41) is 21.7. The van der Waals surface area contributed by atoms with Gasteiger partial charge in [-0.3, -0.25) is 15.1 Å². The second-order valence-corrected chi connectivity index (χ2v) is 6.58. The minimum Gasteiger partial charge on any atom is -0.507 e. The number of para-hydroxylation sites is 2. The number of fused-ring (bicyclic) bond motifs is 2. The third-order valence-corrected chi connectivity index (χ3v) is 4.70. The topological polar surface area (TPSA) is 123 Å². The summed E-state index contributed by atoms with van der Waals surface area (Å²) in [5.41, 5.74) is 2.73. The first-order valence-corrected chi connectivity index (χ1v) is 8.99. The number of aromatic hydroxyl groups is 1. The van der Waals surface area contributed by atoms with Crippen LogP contribution in [0.1, 0.15) is 5.56 Å². The highest BCUT2D eigenvalue weighted by Crippen LogP contribution is 2.38. The maximum absolute atomic E-state index is 11.4. The van der Waals surface area contributed by atoms with Crippen LogP contribution in [-0.2, 0) is 0 Å². The molecule has 0 spiro atoms. The smallest absolute Gasteiger partial charge is 0.282 e. The Kier molecular flexibility index (Phi) is 4.06. The van der Waals surface area contributed by atoms with Gasteiger partial charge < -0.3 is 19.6 Å². The molecule has 1 aliphatic rings. The molecule has 0 amide bonds. The van der Waals surface area contributed by atoms with Crippen LogP contribution in [0, 0.1) is 10.1 Å². The van der Waals surface area contributed by atoms with Gasteiger partial charge in [0.2, 0.25) is 6.79 Å². The normalized spacial score (nSPS) is 12.7. The quantitative estimate of drug-likeness (QED) is 0.298. The number of nitro groups is 1. The van der Waals surface area contributed by atoms with E-state index in [9.17, 15) is 15.2 Å². The van der Waals surface area contributed by atoms with E-state index < -0.39 is 4.92 Å². The zero-order valence-corrected chi connectivity index (χ0v) is 15.4. The summed E-state index contributed by atoms with van der Waals surface area (Å²) >= 11 is 0. The first-order valence-electron chi connectivity index (χ1n) is 8.99. The van der Waals surface area contributed by atoms with E-state index in [1.807, 2.05) is 24.3 Å². The molecule has 0 atom stereocenters. The van der Waals surface area contributed by atoms with Crippen molar-refractivity contribution < 1.29 is 19.5 Å². The largest absolute Gasteiger partial charge is 0.507 e. The Morgan fingerprint density at radius 1 is 1.13 bits per heavy atom. The third kappa shape index (κ3) is 3.08. The van der Waals surface area contributed by atoms with Gasteiger partial charge in [-0.1, -0.05) is 12.1 Å². The molecular weight excluding hydrogens is 388 g/mol. The van der Waals surface area contributed by atoms with Gasteiger partial charge in [0, 0.05) is 6.21 Å². The standard InChI is InChI=1S/C21H14N4O5/c26-18-6-5-13(8-14(18)21-23-15-3-1-2-4-16(15)24-21)22-10-12-7-19-20(30-11-29-19)9-17(12)25(27)28/h1-10,26H,11H2,(H,23,24). The number of phenols is 1. The molecule has 0 saturated carbocycles. The van der Waals surface area contributed by atoms with Gasteiger partial charge in [0.15, 0.2) is 11.5 Å². The van der Waals surface area contributed by atoms with Crippen molar-refractivity contribution >= 4 is 28.6 Å². The van der Waals surface area contributed by atoms with Gasteiger partial charge in [-0.05, 0) is 36.4 Å². The number of ether oxygens (including phenoxy) is 2. The van der Waals surface area contributed by atoms with Crippen molar-refractivity contribution in [2.24, 2.45) is 4.99 Å². The second-order valence-electron chi connectivity index (χ2n) is 6.58. The van der Waals surface area contributed by atoms with E-state index in [0.717, 1.165) is 11.0 Å². The van der Waals surface area contributed by atoms with Crippen LogP contribution in [0.25, 0.3) is 22.4 Å². The van der Waals surface area contributed by atoms with Gasteiger partial charge in [-0.25, -0.2) is 4.98 Å². The summed E-state index contributed by atoms with van der Waals surface area (Å²) in [6.45, 7) is 0.0197. The molecule has 0 radical (unpaired) electrons. The third-order valence-electron chi connectivity index (χ3n) is 4.70. The summed E-state index contributed by atoms with van der Waals surface area (Å²) in [6.07, 6.45) is 1.38. The highest BCUT2D eigenvalue weighted by Gasteiger charge is 2.22. The lowest BCUT2D eigenvalue weighted by atomic mass is 10.1. The molecule has 9 nitrogen and oxygen atoms in total. The number of rotatable bonds is 4. The molecule has 1 aromatic heterocycles. The fraction of sp³-hybridized carbons (Fsp3) is 0.0476. The number of nitrogens with one attached hydrogen (secondary N) is 1. The number of H-pyrrole nitrogens is 1. The minimum atomic E-state index is -0.500. The van der Waals surface area contributed by atoms with E-state index in [1.54, 1.807) is 12.1 Å². The molecule has 0 bridgehead atoms. The Bertz CT molecular complexity index is 1300. The van der Waals surface area contributed by atoms with Gasteiger partial charge in [0.1, 0.15) is 11.6 Å². The number of benzene rings is 3. The summed E-state index contributed by atoms with van der Waals surface area (Å²) in [7, 11) is 0. The molecule has 4 aromatic rings. The highest BCUT2D eigenvalue weighted by molar-refractivity contribution is 5.89. The molecule has 2 heterocycles. The van der Waals surface area contributed by atoms with Crippen molar-refractivity contribution in [2.45, 2.75) is 0 Å². The molecule has 5 rings (SSSR count). The SMILES string of the molecule is O=[N+]([O-])c1cc2c(cc1C=Nc1ccc(O)c(-c3nc4ccccc4[nH]3)c1)OCO2. The Morgan fingerprint density at radius 2 is 1.93 bits per heavy atom. The van der Waals surface area contributed by atoms with Crippen LogP contribution >= 0.6 is 0 Å². The highest BCUT2D eigenvalue weighted by atomic mass is 16.7. The molecule has 3 aromatic carbocycles. The van der Waals surface area contributed by atoms with Crippen LogP contribution in [0.3, 0.4) is 0 Å². The van der Waals surface area contributed by atoms with Crippen LogP contribution in [0.15, 0.2) is 59.6 Å². The lowest BCUT2D eigenvalue weighted by Gasteiger charge is -2.03. The Morgan fingerprint density at radius 3 is 2.73 bits per heavy atom. The van der Waals surface area contributed by atoms with Gasteiger partial charge in [-0.2, -0.15) is 0 Å². The number of aromatic amines is 1. The fourth-order valence-electron chi connectivity index (χ4n) is 3.23. The predicted octanol–water partition coefficient (Wildman–Crippen LogP) is 4.32. The molecule has 9 heteroatoms. The van der Waals surface area contributed by atoms with Crippen molar-refractivity contribution in [3.63, 3.8) is 0 Å². The lowest BCUT2D eigenvalue weighted by molar-refractivity contribution is -0.385. The second kappa shape index (κ2) is 6.89. The van der Waals surface area contributed by atoms with E-state index in [0.29, 0.717) is 28.6 Å². The maximum Gasteiger partial charge on any atom is 0.282 e. The number of aliphatic imine (C=N–C) groups is 1. The van der Waals surface area contributed by atoms with E-state index in [-0.39, 0.29) is 23.8 Å². The molecule has 1 aliphatic heterocycles. The van der Waals surface area contributed by atoms with Gasteiger partial charge in [0.25, 0.3) is 5.69 Å². The van der Waals surface area contributed by atoms with Crippen molar-refractivity contribution in [3.8, 4) is 28.6 Å². The fourth-order valence-corrected chi connectivity index (χ4v) is 3.23. The molecule has 2 N–H and O–H groups in total. The van der Waals surface area contributed by atoms with Gasteiger partial charge in [-0.15, -0.1) is 0 Å². The molecule has 0 unspecified atom stereocenters. The molecule has 148 valence electrons. The zero-order valence-electron chi connectivity index (χ0n) is 15.4. The Hall–Kier alpha value is -4.40. The van der Waals surface area contributed by atoms with Gasteiger partial charge in [0.05, 0.1) is 38.8 Å². The molecule has 0 saturated heterocycles. The summed E-state index contributed by atoms with van der Waals surface area (Å²) in [5.74, 6) is 1.30. The first kappa shape index (κ1) is 17.7. The number of nitro benzene ring substituents is 1. The van der Waals surface area contributed by atoms with Crippen molar-refractivity contribution in [3.05, 3.63) is 70.3 Å². The van der Waals surface area contributed by atoms with Crippen LogP contribution in [-0.4, -0.2) is 33.0 Å². The maximum atomic E-state index is 11.4. The van der Waals surface area contributed by atoms with E-state index in [2.05, 4.69) is 15.0 Å². The van der Waals surface area contributed by atoms with Crippen LogP contribution in [0.2, 0.25) is 0 Å². The summed E-state index contributed by atoms with van der Waals surface area (Å²) < 4.78 is 10.5. The van der Waals surface area contributed by atoms with E-state index >= 15 is 0 Å². The number of hydrogen-bond donors (Lipinski definition) is 2. The summed E-state index contributed by atoms with van der Waals surface area (Å²) in [4.78, 5) is 22.9. The number of nitrogens with zero attached hydrogens (tertiary/aromatic N) is 3. The monoisotopic (exact) mass is 402 g/mol. The molecule has 0 fully saturated rings. The Labute approximate surface area is 169 Å². The lowest BCUT2D eigenvalue weighted by Crippen LogP contribution is -1.94. The minimum absolute atomic E-state index is 0.0197. The molecular formula is C21H14N4O5. The average Bonchev–Trinajstić information content (AvgIpc) is 3.38. The van der Waals surface area contributed by atoms with Crippen LogP contribution in [0.5, 0.6) is 17.2 Å². The first-order chi connectivity index (χ1) is 14.6. The number of aromatic nitrogens is 2. The van der Waals surface area contributed by atoms with Crippen molar-refractivity contribution in [1.29, 1.82) is 0 Å². The number of hydrogen-bond acceptors (Lipinski definition) is 7. The van der Waals surface area contributed by atoms with Crippen LogP contribution < -0.4 is 9.47 Å².